The molecular weight excluding hydrogens is 212 g/mol. The van der Waals surface area contributed by atoms with Crippen LogP contribution < -0.4 is 0 Å². The van der Waals surface area contributed by atoms with E-state index in [0.29, 0.717) is 24.0 Å². The van der Waals surface area contributed by atoms with Crippen molar-refractivity contribution in [1.29, 1.82) is 0 Å². The second-order valence-electron chi connectivity index (χ2n) is 4.90. The summed E-state index contributed by atoms with van der Waals surface area (Å²) in [6.45, 7) is 13.2. The predicted molar refractivity (Wildman–Crippen MR) is 72.1 cm³/mol. The topological polar surface area (TPSA) is 18.5 Å². The van der Waals surface area contributed by atoms with Gasteiger partial charge in [-0.3, -0.25) is 0 Å². The van der Waals surface area contributed by atoms with Gasteiger partial charge in [0, 0.05) is 11.8 Å². The van der Waals surface area contributed by atoms with Crippen LogP contribution in [0, 0.1) is 11.8 Å². The van der Waals surface area contributed by atoms with E-state index in [9.17, 15) is 0 Å². The number of allylic oxidation sites excluding steroid dienone is 2. The van der Waals surface area contributed by atoms with Gasteiger partial charge in [-0.1, -0.05) is 26.0 Å². The summed E-state index contributed by atoms with van der Waals surface area (Å²) in [5, 5.41) is 0. The van der Waals surface area contributed by atoms with Crippen molar-refractivity contribution < 1.29 is 9.47 Å². The molecule has 2 aliphatic rings. The van der Waals surface area contributed by atoms with Crippen LogP contribution in [0.5, 0.6) is 0 Å². The Morgan fingerprint density at radius 3 is 2.35 bits per heavy atom. The summed E-state index contributed by atoms with van der Waals surface area (Å²) in [5.74, 6) is 1.19. The van der Waals surface area contributed by atoms with Crippen LogP contribution in [0.4, 0.5) is 0 Å². The van der Waals surface area contributed by atoms with E-state index < -0.39 is 0 Å². The highest BCUT2D eigenvalue weighted by molar-refractivity contribution is 4.92. The van der Waals surface area contributed by atoms with Crippen molar-refractivity contribution in [3.05, 3.63) is 25.3 Å². The normalized spacial score (nSPS) is 34.7. The van der Waals surface area contributed by atoms with Gasteiger partial charge in [-0.05, 0) is 19.3 Å². The zero-order valence-electron chi connectivity index (χ0n) is 11.2. The molecule has 0 aromatic carbocycles. The lowest BCUT2D eigenvalue weighted by Gasteiger charge is -2.14. The predicted octanol–water partition coefficient (Wildman–Crippen LogP) is 3.58. The minimum atomic E-state index is 0.370. The van der Waals surface area contributed by atoms with E-state index >= 15 is 0 Å². The van der Waals surface area contributed by atoms with Gasteiger partial charge in [0.05, 0.1) is 25.4 Å². The van der Waals surface area contributed by atoms with Crippen LogP contribution in [-0.2, 0) is 9.47 Å². The minimum Gasteiger partial charge on any atom is -0.375 e. The molecule has 2 aliphatic heterocycles. The second-order valence-corrected chi connectivity index (χ2v) is 4.90. The molecule has 0 aliphatic carbocycles. The fraction of sp³-hybridized carbons (Fsp3) is 0.733. The Hall–Kier alpha value is -0.600. The van der Waals surface area contributed by atoms with E-state index in [1.165, 1.54) is 0 Å². The Morgan fingerprint density at radius 2 is 1.76 bits per heavy atom. The summed E-state index contributed by atoms with van der Waals surface area (Å²) >= 11 is 0. The maximum absolute atomic E-state index is 5.74. The van der Waals surface area contributed by atoms with Crippen molar-refractivity contribution in [3.8, 4) is 0 Å². The van der Waals surface area contributed by atoms with E-state index in [1.807, 2.05) is 12.2 Å². The highest BCUT2D eigenvalue weighted by atomic mass is 16.6. The molecule has 0 aromatic heterocycles. The molecule has 0 saturated carbocycles. The Bertz CT molecular complexity index is 237. The van der Waals surface area contributed by atoms with Crippen molar-refractivity contribution in [2.45, 2.75) is 45.3 Å². The highest BCUT2D eigenvalue weighted by Crippen LogP contribution is 2.36. The lowest BCUT2D eigenvalue weighted by atomic mass is 9.94. The first kappa shape index (κ1) is 14.5. The van der Waals surface area contributed by atoms with Gasteiger partial charge >= 0.3 is 0 Å². The summed E-state index contributed by atoms with van der Waals surface area (Å²) in [6, 6.07) is 0. The van der Waals surface area contributed by atoms with Gasteiger partial charge in [-0.15, -0.1) is 13.2 Å². The van der Waals surface area contributed by atoms with Crippen LogP contribution in [0.15, 0.2) is 25.3 Å². The summed E-state index contributed by atoms with van der Waals surface area (Å²) in [6.07, 6.45) is 7.92. The van der Waals surface area contributed by atoms with Crippen LogP contribution in [0.3, 0.4) is 0 Å². The molecule has 0 bridgehead atoms. The van der Waals surface area contributed by atoms with Crippen LogP contribution in [0.25, 0.3) is 0 Å². The summed E-state index contributed by atoms with van der Waals surface area (Å²) < 4.78 is 11.5. The molecule has 4 atom stereocenters. The molecular formula is C15H26O2. The average Bonchev–Trinajstić information content (AvgIpc) is 2.91. The molecule has 17 heavy (non-hydrogen) atoms. The SMILES string of the molecule is C=CCC.C=CCCC1CO[C@@H]2C(C)CO[C@H]12. The molecule has 2 unspecified atom stereocenters. The van der Waals surface area contributed by atoms with Crippen molar-refractivity contribution in [1.82, 2.24) is 0 Å². The Kier molecular flexibility index (Phi) is 6.53. The van der Waals surface area contributed by atoms with E-state index in [-0.39, 0.29) is 0 Å². The van der Waals surface area contributed by atoms with Crippen molar-refractivity contribution >= 4 is 0 Å². The van der Waals surface area contributed by atoms with E-state index in [0.717, 1.165) is 32.5 Å². The van der Waals surface area contributed by atoms with Crippen molar-refractivity contribution in [3.63, 3.8) is 0 Å². The highest BCUT2D eigenvalue weighted by Gasteiger charge is 2.44. The van der Waals surface area contributed by atoms with Crippen LogP contribution in [0.2, 0.25) is 0 Å². The molecule has 0 aromatic rings. The molecule has 2 heteroatoms. The zero-order chi connectivity index (χ0) is 12.7. The maximum atomic E-state index is 5.74. The third-order valence-corrected chi connectivity index (χ3v) is 3.43. The van der Waals surface area contributed by atoms with Crippen molar-refractivity contribution in [2.75, 3.05) is 13.2 Å². The monoisotopic (exact) mass is 238 g/mol. The van der Waals surface area contributed by atoms with Gasteiger partial charge in [0.15, 0.2) is 0 Å². The first-order valence-electron chi connectivity index (χ1n) is 6.69. The van der Waals surface area contributed by atoms with E-state index in [4.69, 9.17) is 9.47 Å². The van der Waals surface area contributed by atoms with Crippen LogP contribution in [-0.4, -0.2) is 25.4 Å². The molecule has 0 amide bonds. The molecule has 2 rings (SSSR count). The summed E-state index contributed by atoms with van der Waals surface area (Å²) in [4.78, 5) is 0. The second kappa shape index (κ2) is 7.67. The minimum absolute atomic E-state index is 0.370. The Morgan fingerprint density at radius 1 is 1.12 bits per heavy atom. The van der Waals surface area contributed by atoms with Gasteiger partial charge in [0.25, 0.3) is 0 Å². The first-order chi connectivity index (χ1) is 8.24. The number of rotatable bonds is 4. The van der Waals surface area contributed by atoms with Crippen molar-refractivity contribution in [2.24, 2.45) is 11.8 Å². The lowest BCUT2D eigenvalue weighted by molar-refractivity contribution is 0.0607. The Labute approximate surface area is 106 Å². The van der Waals surface area contributed by atoms with Crippen LogP contribution >= 0.6 is 0 Å². The van der Waals surface area contributed by atoms with Crippen LogP contribution in [0.1, 0.15) is 33.1 Å². The van der Waals surface area contributed by atoms with Gasteiger partial charge in [0.2, 0.25) is 0 Å². The number of fused-ring (bicyclic) bond motifs is 1. The molecule has 2 saturated heterocycles. The fourth-order valence-electron chi connectivity index (χ4n) is 2.35. The standard InChI is InChI=1S/C11H18O2.C4H8/c1-3-4-5-9-7-13-10-8(2)6-12-11(9)10;1-3-4-2/h3,8-11H,1,4-7H2,2H3;3H,1,4H2,2H3/t8?,9?,10-,11-;/m1./s1. The smallest absolute Gasteiger partial charge is 0.0890 e. The third kappa shape index (κ3) is 3.97. The first-order valence-corrected chi connectivity index (χ1v) is 6.69. The summed E-state index contributed by atoms with van der Waals surface area (Å²) in [7, 11) is 0. The van der Waals surface area contributed by atoms with E-state index in [2.05, 4.69) is 27.0 Å². The molecule has 0 spiro atoms. The lowest BCUT2D eigenvalue weighted by Crippen LogP contribution is -2.24. The quantitative estimate of drug-likeness (QED) is 0.697. The molecule has 98 valence electrons. The zero-order valence-corrected chi connectivity index (χ0v) is 11.2. The van der Waals surface area contributed by atoms with Gasteiger partial charge in [-0.25, -0.2) is 0 Å². The third-order valence-electron chi connectivity index (χ3n) is 3.43. The van der Waals surface area contributed by atoms with E-state index in [1.54, 1.807) is 0 Å². The Balaban J connectivity index is 0.000000317. The molecule has 2 fully saturated rings. The van der Waals surface area contributed by atoms with Gasteiger partial charge in [0.1, 0.15) is 0 Å². The number of hydrogen-bond donors (Lipinski definition) is 0. The molecule has 2 nitrogen and oxygen atoms in total. The molecule has 0 N–H and O–H groups in total. The largest absolute Gasteiger partial charge is 0.375 e. The maximum Gasteiger partial charge on any atom is 0.0890 e. The van der Waals surface area contributed by atoms with Gasteiger partial charge < -0.3 is 9.47 Å². The number of hydrogen-bond acceptors (Lipinski definition) is 2. The van der Waals surface area contributed by atoms with Gasteiger partial charge in [-0.2, -0.15) is 0 Å². The molecule has 2 heterocycles. The number of ether oxygens (including phenoxy) is 2. The average molecular weight is 238 g/mol. The summed E-state index contributed by atoms with van der Waals surface area (Å²) in [5.41, 5.74) is 0. The fourth-order valence-corrected chi connectivity index (χ4v) is 2.35. The molecule has 0 radical (unpaired) electrons.